The standard InChI is InChI=1S/C10H11N/c1-7-3-4-9-5-6-11-8(2)10(7)9/h3-7H,1-2H3. The van der Waals surface area contributed by atoms with Gasteiger partial charge in [-0.15, -0.1) is 0 Å². The Kier molecular flexibility index (Phi) is 1.31. The van der Waals surface area contributed by atoms with Gasteiger partial charge in [-0.2, -0.15) is 0 Å². The van der Waals surface area contributed by atoms with E-state index in [0.29, 0.717) is 5.92 Å². The Morgan fingerprint density at radius 1 is 1.45 bits per heavy atom. The maximum absolute atomic E-state index is 4.26. The van der Waals surface area contributed by atoms with E-state index in [1.165, 1.54) is 16.8 Å². The van der Waals surface area contributed by atoms with Gasteiger partial charge in [0.05, 0.1) is 0 Å². The smallest absolute Gasteiger partial charge is 0.0416 e. The van der Waals surface area contributed by atoms with Crippen LogP contribution in [0.15, 0.2) is 18.3 Å². The lowest BCUT2D eigenvalue weighted by molar-refractivity contribution is 0.948. The lowest BCUT2D eigenvalue weighted by atomic mass is 10.0. The van der Waals surface area contributed by atoms with Crippen LogP contribution in [0.25, 0.3) is 6.08 Å². The number of aryl methyl sites for hydroxylation is 1. The topological polar surface area (TPSA) is 12.9 Å². The summed E-state index contributed by atoms with van der Waals surface area (Å²) in [6, 6.07) is 2.07. The van der Waals surface area contributed by atoms with E-state index < -0.39 is 0 Å². The second kappa shape index (κ2) is 2.19. The number of hydrogen-bond donors (Lipinski definition) is 0. The van der Waals surface area contributed by atoms with Crippen molar-refractivity contribution in [3.63, 3.8) is 0 Å². The fraction of sp³-hybridized carbons (Fsp3) is 0.300. The number of rotatable bonds is 0. The summed E-state index contributed by atoms with van der Waals surface area (Å²) < 4.78 is 0. The number of pyridine rings is 1. The summed E-state index contributed by atoms with van der Waals surface area (Å²) in [6.45, 7) is 4.28. The van der Waals surface area contributed by atoms with Crippen molar-refractivity contribution in [1.82, 2.24) is 4.98 Å². The Bertz CT molecular complexity index is 313. The minimum Gasteiger partial charge on any atom is -0.261 e. The van der Waals surface area contributed by atoms with Gasteiger partial charge < -0.3 is 0 Å². The Morgan fingerprint density at radius 3 is 3.00 bits per heavy atom. The maximum atomic E-state index is 4.26. The molecule has 0 fully saturated rings. The highest BCUT2D eigenvalue weighted by Crippen LogP contribution is 2.30. The summed E-state index contributed by atoms with van der Waals surface area (Å²) in [5, 5.41) is 0. The molecule has 1 aliphatic rings. The first-order valence-corrected chi connectivity index (χ1v) is 3.93. The second-order valence-corrected chi connectivity index (χ2v) is 3.05. The van der Waals surface area contributed by atoms with Crippen LogP contribution in [-0.4, -0.2) is 4.98 Å². The summed E-state index contributed by atoms with van der Waals surface area (Å²) in [5.41, 5.74) is 3.90. The van der Waals surface area contributed by atoms with E-state index >= 15 is 0 Å². The van der Waals surface area contributed by atoms with Crippen LogP contribution < -0.4 is 0 Å². The lowest BCUT2D eigenvalue weighted by Gasteiger charge is -2.06. The molecule has 1 aromatic rings. The zero-order valence-electron chi connectivity index (χ0n) is 6.83. The summed E-state index contributed by atoms with van der Waals surface area (Å²) in [5.74, 6) is 0.554. The predicted molar refractivity (Wildman–Crippen MR) is 46.4 cm³/mol. The third-order valence-electron chi connectivity index (χ3n) is 2.24. The highest BCUT2D eigenvalue weighted by molar-refractivity contribution is 5.62. The van der Waals surface area contributed by atoms with Gasteiger partial charge in [-0.1, -0.05) is 19.1 Å². The zero-order valence-corrected chi connectivity index (χ0v) is 6.83. The van der Waals surface area contributed by atoms with Crippen molar-refractivity contribution in [2.45, 2.75) is 19.8 Å². The van der Waals surface area contributed by atoms with Crippen molar-refractivity contribution >= 4 is 6.08 Å². The zero-order chi connectivity index (χ0) is 7.84. The van der Waals surface area contributed by atoms with Crippen molar-refractivity contribution < 1.29 is 0 Å². The molecule has 0 saturated heterocycles. The molecule has 1 heteroatoms. The quantitative estimate of drug-likeness (QED) is 0.546. The highest BCUT2D eigenvalue weighted by Gasteiger charge is 2.14. The number of hydrogen-bond acceptors (Lipinski definition) is 1. The first kappa shape index (κ1) is 6.59. The molecule has 0 bridgehead atoms. The van der Waals surface area contributed by atoms with E-state index in [-0.39, 0.29) is 0 Å². The van der Waals surface area contributed by atoms with Crippen LogP contribution >= 0.6 is 0 Å². The molecule has 0 aliphatic heterocycles. The van der Waals surface area contributed by atoms with Crippen molar-refractivity contribution in [1.29, 1.82) is 0 Å². The molecule has 0 N–H and O–H groups in total. The Morgan fingerprint density at radius 2 is 2.27 bits per heavy atom. The van der Waals surface area contributed by atoms with Crippen LogP contribution in [0.2, 0.25) is 0 Å². The highest BCUT2D eigenvalue weighted by atomic mass is 14.7. The minimum atomic E-state index is 0.554. The Balaban J connectivity index is 2.65. The average molecular weight is 145 g/mol. The average Bonchev–Trinajstić information content (AvgIpc) is 2.34. The van der Waals surface area contributed by atoms with E-state index in [9.17, 15) is 0 Å². The fourth-order valence-electron chi connectivity index (χ4n) is 1.68. The van der Waals surface area contributed by atoms with Gasteiger partial charge in [0.2, 0.25) is 0 Å². The molecule has 1 heterocycles. The molecule has 1 aromatic heterocycles. The number of fused-ring (bicyclic) bond motifs is 1. The largest absolute Gasteiger partial charge is 0.261 e. The third kappa shape index (κ3) is 0.881. The van der Waals surface area contributed by atoms with Gasteiger partial charge in [-0.25, -0.2) is 0 Å². The summed E-state index contributed by atoms with van der Waals surface area (Å²) in [6.07, 6.45) is 6.27. The van der Waals surface area contributed by atoms with Crippen molar-refractivity contribution in [3.8, 4) is 0 Å². The SMILES string of the molecule is Cc1nccc2c1C(C)C=C2. The van der Waals surface area contributed by atoms with Gasteiger partial charge in [0, 0.05) is 17.8 Å². The minimum absolute atomic E-state index is 0.554. The van der Waals surface area contributed by atoms with Crippen LogP contribution in [0.1, 0.15) is 29.7 Å². The second-order valence-electron chi connectivity index (χ2n) is 3.05. The van der Waals surface area contributed by atoms with Gasteiger partial charge in [0.15, 0.2) is 0 Å². The van der Waals surface area contributed by atoms with E-state index in [1.807, 2.05) is 6.20 Å². The maximum Gasteiger partial charge on any atom is 0.0416 e. The Labute approximate surface area is 66.8 Å². The molecule has 56 valence electrons. The van der Waals surface area contributed by atoms with Gasteiger partial charge in [-0.3, -0.25) is 4.98 Å². The normalized spacial score (nSPS) is 20.4. The number of nitrogens with zero attached hydrogens (tertiary/aromatic N) is 1. The molecule has 1 unspecified atom stereocenters. The molecule has 1 atom stereocenters. The molecular weight excluding hydrogens is 134 g/mol. The summed E-state index contributed by atoms with van der Waals surface area (Å²) in [7, 11) is 0. The molecule has 2 rings (SSSR count). The molecule has 0 radical (unpaired) electrons. The summed E-state index contributed by atoms with van der Waals surface area (Å²) >= 11 is 0. The van der Waals surface area contributed by atoms with Gasteiger partial charge in [-0.05, 0) is 24.1 Å². The van der Waals surface area contributed by atoms with E-state index in [2.05, 4.69) is 37.0 Å². The predicted octanol–water partition coefficient (Wildman–Crippen LogP) is 2.52. The van der Waals surface area contributed by atoms with Crippen LogP contribution in [-0.2, 0) is 0 Å². The van der Waals surface area contributed by atoms with Crippen molar-refractivity contribution in [3.05, 3.63) is 35.2 Å². The van der Waals surface area contributed by atoms with Gasteiger partial charge >= 0.3 is 0 Å². The monoisotopic (exact) mass is 145 g/mol. The van der Waals surface area contributed by atoms with Crippen LogP contribution in [0.4, 0.5) is 0 Å². The molecule has 0 amide bonds. The van der Waals surface area contributed by atoms with Crippen LogP contribution in [0, 0.1) is 6.92 Å². The van der Waals surface area contributed by atoms with Crippen LogP contribution in [0.5, 0.6) is 0 Å². The van der Waals surface area contributed by atoms with Gasteiger partial charge in [0.1, 0.15) is 0 Å². The van der Waals surface area contributed by atoms with E-state index in [0.717, 1.165) is 0 Å². The molecule has 1 aliphatic carbocycles. The molecule has 0 aromatic carbocycles. The first-order valence-electron chi connectivity index (χ1n) is 3.93. The molecule has 0 saturated carbocycles. The van der Waals surface area contributed by atoms with Crippen LogP contribution in [0.3, 0.4) is 0 Å². The lowest BCUT2D eigenvalue weighted by Crippen LogP contribution is -1.93. The van der Waals surface area contributed by atoms with Crippen molar-refractivity contribution in [2.75, 3.05) is 0 Å². The third-order valence-corrected chi connectivity index (χ3v) is 2.24. The number of allylic oxidation sites excluding steroid dienone is 1. The van der Waals surface area contributed by atoms with Crippen molar-refractivity contribution in [2.24, 2.45) is 0 Å². The van der Waals surface area contributed by atoms with E-state index in [4.69, 9.17) is 0 Å². The summed E-state index contributed by atoms with van der Waals surface area (Å²) in [4.78, 5) is 4.26. The molecule has 1 nitrogen and oxygen atoms in total. The first-order chi connectivity index (χ1) is 5.29. The fourth-order valence-corrected chi connectivity index (χ4v) is 1.68. The molecule has 11 heavy (non-hydrogen) atoms. The van der Waals surface area contributed by atoms with E-state index in [1.54, 1.807) is 0 Å². The number of aromatic nitrogens is 1. The molecular formula is C10H11N. The molecule has 0 spiro atoms. The Hall–Kier alpha value is -1.11. The van der Waals surface area contributed by atoms with Gasteiger partial charge in [0.25, 0.3) is 0 Å².